The van der Waals surface area contributed by atoms with Crippen LogP contribution in [0.3, 0.4) is 0 Å². The van der Waals surface area contributed by atoms with Crippen LogP contribution in [0.5, 0.6) is 5.75 Å². The standard InChI is InChI=1S/C14H23NO2/c1-3-9-15(10-11-16)12-13-5-7-14(8-6-13)17-4-2/h5-8,16H,3-4,9-12H2,1-2H3. The first kappa shape index (κ1) is 14.0. The molecule has 0 atom stereocenters. The Hall–Kier alpha value is -1.06. The van der Waals surface area contributed by atoms with Crippen LogP contribution in [-0.4, -0.2) is 36.3 Å². The van der Waals surface area contributed by atoms with Crippen molar-refractivity contribution in [3.8, 4) is 5.75 Å². The van der Waals surface area contributed by atoms with Gasteiger partial charge in [-0.1, -0.05) is 19.1 Å². The van der Waals surface area contributed by atoms with E-state index in [0.29, 0.717) is 6.61 Å². The molecule has 1 aromatic carbocycles. The molecule has 1 N–H and O–H groups in total. The van der Waals surface area contributed by atoms with E-state index in [4.69, 9.17) is 9.84 Å². The van der Waals surface area contributed by atoms with Crippen molar-refractivity contribution in [1.82, 2.24) is 4.90 Å². The monoisotopic (exact) mass is 237 g/mol. The highest BCUT2D eigenvalue weighted by Crippen LogP contribution is 2.13. The number of aliphatic hydroxyl groups is 1. The number of ether oxygens (including phenoxy) is 1. The molecule has 0 unspecified atom stereocenters. The number of nitrogens with zero attached hydrogens (tertiary/aromatic N) is 1. The lowest BCUT2D eigenvalue weighted by atomic mass is 10.2. The van der Waals surface area contributed by atoms with Crippen molar-refractivity contribution in [2.75, 3.05) is 26.3 Å². The van der Waals surface area contributed by atoms with Crippen LogP contribution in [0.4, 0.5) is 0 Å². The highest BCUT2D eigenvalue weighted by molar-refractivity contribution is 5.27. The molecule has 0 saturated carbocycles. The summed E-state index contributed by atoms with van der Waals surface area (Å²) in [4.78, 5) is 2.26. The second-order valence-electron chi connectivity index (χ2n) is 4.08. The van der Waals surface area contributed by atoms with Crippen molar-refractivity contribution in [2.45, 2.75) is 26.8 Å². The summed E-state index contributed by atoms with van der Waals surface area (Å²) in [6.45, 7) is 7.71. The Morgan fingerprint density at radius 2 is 1.82 bits per heavy atom. The number of hydrogen-bond acceptors (Lipinski definition) is 3. The maximum absolute atomic E-state index is 8.99. The second kappa shape index (κ2) is 8.09. The van der Waals surface area contributed by atoms with Crippen LogP contribution >= 0.6 is 0 Å². The van der Waals surface area contributed by atoms with E-state index >= 15 is 0 Å². The molecule has 0 fully saturated rings. The summed E-state index contributed by atoms with van der Waals surface area (Å²) in [5, 5.41) is 8.99. The Kier molecular flexibility index (Phi) is 6.67. The van der Waals surface area contributed by atoms with Crippen molar-refractivity contribution in [2.24, 2.45) is 0 Å². The third-order valence-electron chi connectivity index (χ3n) is 2.60. The van der Waals surface area contributed by atoms with Crippen molar-refractivity contribution in [1.29, 1.82) is 0 Å². The lowest BCUT2D eigenvalue weighted by molar-refractivity contribution is 0.190. The topological polar surface area (TPSA) is 32.7 Å². The number of benzene rings is 1. The van der Waals surface area contributed by atoms with Crippen LogP contribution in [0.15, 0.2) is 24.3 Å². The average Bonchev–Trinajstić information content (AvgIpc) is 2.33. The lowest BCUT2D eigenvalue weighted by Gasteiger charge is -2.20. The fourth-order valence-electron chi connectivity index (χ4n) is 1.84. The van der Waals surface area contributed by atoms with E-state index in [9.17, 15) is 0 Å². The Labute approximate surface area is 104 Å². The van der Waals surface area contributed by atoms with Gasteiger partial charge in [0.25, 0.3) is 0 Å². The highest BCUT2D eigenvalue weighted by atomic mass is 16.5. The van der Waals surface area contributed by atoms with Gasteiger partial charge >= 0.3 is 0 Å². The van der Waals surface area contributed by atoms with Gasteiger partial charge in [0.1, 0.15) is 5.75 Å². The summed E-state index contributed by atoms with van der Waals surface area (Å²) >= 11 is 0. The van der Waals surface area contributed by atoms with Gasteiger partial charge in [-0.3, -0.25) is 4.90 Å². The van der Waals surface area contributed by atoms with Gasteiger partial charge in [0, 0.05) is 13.1 Å². The van der Waals surface area contributed by atoms with Gasteiger partial charge in [-0.2, -0.15) is 0 Å². The molecule has 0 spiro atoms. The molecule has 0 aliphatic heterocycles. The Morgan fingerprint density at radius 1 is 1.12 bits per heavy atom. The Balaban J connectivity index is 2.53. The van der Waals surface area contributed by atoms with Crippen LogP contribution in [0.1, 0.15) is 25.8 Å². The summed E-state index contributed by atoms with van der Waals surface area (Å²) in [5.74, 6) is 0.917. The summed E-state index contributed by atoms with van der Waals surface area (Å²) in [5.41, 5.74) is 1.26. The molecule has 3 nitrogen and oxygen atoms in total. The molecule has 0 radical (unpaired) electrons. The quantitative estimate of drug-likeness (QED) is 0.753. The molecule has 3 heteroatoms. The van der Waals surface area contributed by atoms with Gasteiger partial charge in [-0.15, -0.1) is 0 Å². The molecule has 1 rings (SSSR count). The van der Waals surface area contributed by atoms with Crippen molar-refractivity contribution in [3.63, 3.8) is 0 Å². The van der Waals surface area contributed by atoms with E-state index in [1.54, 1.807) is 0 Å². The van der Waals surface area contributed by atoms with Gasteiger partial charge in [-0.25, -0.2) is 0 Å². The molecule has 17 heavy (non-hydrogen) atoms. The number of aliphatic hydroxyl groups excluding tert-OH is 1. The maximum atomic E-state index is 8.99. The predicted octanol–water partition coefficient (Wildman–Crippen LogP) is 2.29. The molecule has 0 aliphatic rings. The SMILES string of the molecule is CCCN(CCO)Cc1ccc(OCC)cc1. The second-order valence-corrected chi connectivity index (χ2v) is 4.08. The Bertz CT molecular complexity index is 292. The summed E-state index contributed by atoms with van der Waals surface area (Å²) < 4.78 is 5.41. The molecule has 0 bridgehead atoms. The first-order chi connectivity index (χ1) is 8.30. The largest absolute Gasteiger partial charge is 0.494 e. The zero-order valence-corrected chi connectivity index (χ0v) is 10.9. The molecule has 0 amide bonds. The third kappa shape index (κ3) is 5.20. The molecule has 1 aromatic rings. The fourth-order valence-corrected chi connectivity index (χ4v) is 1.84. The molecular weight excluding hydrogens is 214 g/mol. The number of rotatable bonds is 8. The van der Waals surface area contributed by atoms with E-state index in [-0.39, 0.29) is 6.61 Å². The van der Waals surface area contributed by atoms with Crippen LogP contribution in [-0.2, 0) is 6.54 Å². The Morgan fingerprint density at radius 3 is 2.35 bits per heavy atom. The smallest absolute Gasteiger partial charge is 0.119 e. The van der Waals surface area contributed by atoms with E-state index in [0.717, 1.165) is 31.8 Å². The molecule has 96 valence electrons. The minimum absolute atomic E-state index is 0.219. The molecular formula is C14H23NO2. The van der Waals surface area contributed by atoms with Gasteiger partial charge < -0.3 is 9.84 Å². The maximum Gasteiger partial charge on any atom is 0.119 e. The van der Waals surface area contributed by atoms with Crippen LogP contribution < -0.4 is 4.74 Å². The van der Waals surface area contributed by atoms with E-state index in [1.807, 2.05) is 19.1 Å². The lowest BCUT2D eigenvalue weighted by Crippen LogP contribution is -2.27. The van der Waals surface area contributed by atoms with Crippen molar-refractivity contribution < 1.29 is 9.84 Å². The fraction of sp³-hybridized carbons (Fsp3) is 0.571. The first-order valence-corrected chi connectivity index (χ1v) is 6.35. The van der Waals surface area contributed by atoms with Gasteiger partial charge in [0.15, 0.2) is 0 Å². The minimum atomic E-state index is 0.219. The summed E-state index contributed by atoms with van der Waals surface area (Å²) in [6.07, 6.45) is 1.11. The molecule has 0 aromatic heterocycles. The average molecular weight is 237 g/mol. The van der Waals surface area contributed by atoms with Crippen LogP contribution in [0.25, 0.3) is 0 Å². The van der Waals surface area contributed by atoms with Crippen LogP contribution in [0, 0.1) is 0 Å². The van der Waals surface area contributed by atoms with E-state index in [1.165, 1.54) is 5.56 Å². The normalized spacial score (nSPS) is 10.8. The molecule has 0 saturated heterocycles. The van der Waals surface area contributed by atoms with Gasteiger partial charge in [0.05, 0.1) is 13.2 Å². The van der Waals surface area contributed by atoms with Crippen molar-refractivity contribution >= 4 is 0 Å². The highest BCUT2D eigenvalue weighted by Gasteiger charge is 2.04. The third-order valence-corrected chi connectivity index (χ3v) is 2.60. The predicted molar refractivity (Wildman–Crippen MR) is 70.3 cm³/mol. The van der Waals surface area contributed by atoms with Crippen LogP contribution in [0.2, 0.25) is 0 Å². The van der Waals surface area contributed by atoms with E-state index < -0.39 is 0 Å². The zero-order chi connectivity index (χ0) is 12.5. The van der Waals surface area contributed by atoms with Gasteiger partial charge in [0.2, 0.25) is 0 Å². The molecule has 0 aliphatic carbocycles. The summed E-state index contributed by atoms with van der Waals surface area (Å²) in [7, 11) is 0. The van der Waals surface area contributed by atoms with Crippen molar-refractivity contribution in [3.05, 3.63) is 29.8 Å². The van der Waals surface area contributed by atoms with Gasteiger partial charge in [-0.05, 0) is 37.6 Å². The summed E-state index contributed by atoms with van der Waals surface area (Å²) in [6, 6.07) is 8.18. The first-order valence-electron chi connectivity index (χ1n) is 6.35. The van der Waals surface area contributed by atoms with E-state index in [2.05, 4.69) is 24.0 Å². The zero-order valence-electron chi connectivity index (χ0n) is 10.9. The minimum Gasteiger partial charge on any atom is -0.494 e. The molecule has 0 heterocycles. The number of hydrogen-bond donors (Lipinski definition) is 1.